The zero-order chi connectivity index (χ0) is 11.8. The largest absolute Gasteiger partial charge is 0.496 e. The molecule has 0 aliphatic heterocycles. The molecule has 2 rings (SSSR count). The van der Waals surface area contributed by atoms with Crippen LogP contribution >= 0.6 is 0 Å². The summed E-state index contributed by atoms with van der Waals surface area (Å²) in [7, 11) is -1.86. The summed E-state index contributed by atoms with van der Waals surface area (Å²) in [5.74, 6) is 0.698. The highest BCUT2D eigenvalue weighted by Gasteiger charge is 2.29. The lowest BCUT2D eigenvalue weighted by molar-refractivity contribution is 0.213. The maximum atomic E-state index is 11.1. The van der Waals surface area contributed by atoms with E-state index >= 15 is 0 Å². The maximum absolute atomic E-state index is 11.1. The van der Waals surface area contributed by atoms with Gasteiger partial charge >= 0.3 is 0 Å². The van der Waals surface area contributed by atoms with Crippen molar-refractivity contribution in [2.45, 2.75) is 18.9 Å². The molecule has 0 radical (unpaired) electrons. The highest BCUT2D eigenvalue weighted by atomic mass is 32.2. The van der Waals surface area contributed by atoms with Gasteiger partial charge in [-0.25, -0.2) is 0 Å². The van der Waals surface area contributed by atoms with E-state index in [-0.39, 0.29) is 0 Å². The average molecular weight is 242 g/mol. The highest BCUT2D eigenvalue weighted by Crippen LogP contribution is 2.40. The van der Waals surface area contributed by atoms with E-state index in [0.717, 1.165) is 23.8 Å². The summed E-state index contributed by atoms with van der Waals surface area (Å²) >= 11 is 0. The van der Waals surface area contributed by atoms with Crippen molar-refractivity contribution in [3.05, 3.63) is 29.3 Å². The number of methoxy groups -OCH3 is 1. The number of hydrogen-bond donors (Lipinski definition) is 0. The van der Waals surface area contributed by atoms with Crippen LogP contribution in [0.3, 0.4) is 0 Å². The van der Waals surface area contributed by atoms with Gasteiger partial charge in [0.1, 0.15) is 11.9 Å². The van der Waals surface area contributed by atoms with Crippen LogP contribution in [-0.4, -0.2) is 21.8 Å². The van der Waals surface area contributed by atoms with Crippen LogP contribution in [-0.2, 0) is 20.7 Å². The fourth-order valence-corrected chi connectivity index (χ4v) is 2.70. The van der Waals surface area contributed by atoms with Gasteiger partial charge in [-0.3, -0.25) is 4.18 Å². The van der Waals surface area contributed by atoms with Crippen LogP contribution in [0.5, 0.6) is 5.75 Å². The molecule has 0 saturated carbocycles. The van der Waals surface area contributed by atoms with Gasteiger partial charge in [0, 0.05) is 5.56 Å². The molecule has 0 aromatic heterocycles. The van der Waals surface area contributed by atoms with E-state index in [0.29, 0.717) is 12.2 Å². The van der Waals surface area contributed by atoms with E-state index in [4.69, 9.17) is 8.92 Å². The van der Waals surface area contributed by atoms with Crippen LogP contribution < -0.4 is 4.74 Å². The minimum atomic E-state index is -3.43. The fourth-order valence-electron chi connectivity index (χ4n) is 2.09. The predicted molar refractivity (Wildman–Crippen MR) is 60.0 cm³/mol. The normalized spacial score (nSPS) is 19.5. The minimum absolute atomic E-state index is 0.402. The molecular weight excluding hydrogens is 228 g/mol. The molecule has 0 heterocycles. The lowest BCUT2D eigenvalue weighted by atomic mass is 10.1. The van der Waals surface area contributed by atoms with E-state index in [1.807, 2.05) is 18.2 Å². The molecule has 1 unspecified atom stereocenters. The van der Waals surface area contributed by atoms with Gasteiger partial charge in [-0.2, -0.15) is 8.42 Å². The summed E-state index contributed by atoms with van der Waals surface area (Å²) in [6.45, 7) is 0. The Kier molecular flexibility index (Phi) is 2.90. The molecule has 0 fully saturated rings. The van der Waals surface area contributed by atoms with Gasteiger partial charge in [0.15, 0.2) is 0 Å². The van der Waals surface area contributed by atoms with Gasteiger partial charge in [-0.05, 0) is 24.5 Å². The van der Waals surface area contributed by atoms with Gasteiger partial charge in [-0.1, -0.05) is 12.1 Å². The molecule has 4 nitrogen and oxygen atoms in total. The molecular formula is C11H14O4S. The molecule has 1 aliphatic rings. The van der Waals surface area contributed by atoms with Crippen LogP contribution in [0.25, 0.3) is 0 Å². The number of rotatable bonds is 3. The van der Waals surface area contributed by atoms with Crippen LogP contribution in [0, 0.1) is 0 Å². The first-order valence-electron chi connectivity index (χ1n) is 5.05. The molecule has 0 saturated heterocycles. The van der Waals surface area contributed by atoms with Gasteiger partial charge in [-0.15, -0.1) is 0 Å². The molecule has 0 spiro atoms. The van der Waals surface area contributed by atoms with E-state index in [9.17, 15) is 8.42 Å². The second kappa shape index (κ2) is 4.07. The lowest BCUT2D eigenvalue weighted by Crippen LogP contribution is -2.08. The van der Waals surface area contributed by atoms with Crippen LogP contribution in [0.2, 0.25) is 0 Å². The van der Waals surface area contributed by atoms with Crippen molar-refractivity contribution in [2.24, 2.45) is 0 Å². The van der Waals surface area contributed by atoms with E-state index in [1.54, 1.807) is 7.11 Å². The smallest absolute Gasteiger partial charge is 0.264 e. The third-order valence-electron chi connectivity index (χ3n) is 2.67. The Labute approximate surface area is 95.3 Å². The summed E-state index contributed by atoms with van der Waals surface area (Å²) in [6.07, 6.45) is 2.18. The standard InChI is InChI=1S/C11H14O4S/c1-14-9-5-3-4-8-6-7-10(11(8)9)15-16(2,12)13/h3-5,10H,6-7H2,1-2H3. The van der Waals surface area contributed by atoms with Crippen LogP contribution in [0.1, 0.15) is 23.7 Å². The Morgan fingerprint density at radius 3 is 2.75 bits per heavy atom. The summed E-state index contributed by atoms with van der Waals surface area (Å²) in [5.41, 5.74) is 1.98. The molecule has 16 heavy (non-hydrogen) atoms. The maximum Gasteiger partial charge on any atom is 0.264 e. The molecule has 88 valence electrons. The quantitative estimate of drug-likeness (QED) is 0.756. The third kappa shape index (κ3) is 2.20. The fraction of sp³-hybridized carbons (Fsp3) is 0.455. The molecule has 0 amide bonds. The molecule has 1 aromatic carbocycles. The first-order valence-corrected chi connectivity index (χ1v) is 6.87. The Bertz CT molecular complexity index is 493. The summed E-state index contributed by atoms with van der Waals surface area (Å²) in [5, 5.41) is 0. The SMILES string of the molecule is COc1cccc2c1C(OS(C)(=O)=O)CC2. The highest BCUT2D eigenvalue weighted by molar-refractivity contribution is 7.86. The Balaban J connectivity index is 2.38. The van der Waals surface area contributed by atoms with Gasteiger partial charge in [0.05, 0.1) is 13.4 Å². The molecule has 0 bridgehead atoms. The predicted octanol–water partition coefficient (Wildman–Crippen LogP) is 1.66. The second-order valence-corrected chi connectivity index (χ2v) is 5.46. The van der Waals surface area contributed by atoms with Crippen molar-refractivity contribution in [3.8, 4) is 5.75 Å². The number of hydrogen-bond acceptors (Lipinski definition) is 4. The molecule has 5 heteroatoms. The number of ether oxygens (including phenoxy) is 1. The van der Waals surface area contributed by atoms with Gasteiger partial charge in [0.25, 0.3) is 10.1 Å². The zero-order valence-electron chi connectivity index (χ0n) is 9.26. The van der Waals surface area contributed by atoms with Gasteiger partial charge in [0.2, 0.25) is 0 Å². The molecule has 1 aromatic rings. The number of benzene rings is 1. The molecule has 1 aliphatic carbocycles. The average Bonchev–Trinajstić information content (AvgIpc) is 2.59. The van der Waals surface area contributed by atoms with Crippen molar-refractivity contribution in [1.29, 1.82) is 0 Å². The van der Waals surface area contributed by atoms with E-state index in [1.165, 1.54) is 0 Å². The third-order valence-corrected chi connectivity index (χ3v) is 3.25. The Hall–Kier alpha value is -1.07. The van der Waals surface area contributed by atoms with E-state index < -0.39 is 16.2 Å². The minimum Gasteiger partial charge on any atom is -0.496 e. The Morgan fingerprint density at radius 1 is 1.38 bits per heavy atom. The van der Waals surface area contributed by atoms with Crippen molar-refractivity contribution in [1.82, 2.24) is 0 Å². The van der Waals surface area contributed by atoms with Crippen molar-refractivity contribution < 1.29 is 17.3 Å². The van der Waals surface area contributed by atoms with Crippen LogP contribution in [0.4, 0.5) is 0 Å². The summed E-state index contributed by atoms with van der Waals surface area (Å²) in [6, 6.07) is 5.70. The topological polar surface area (TPSA) is 52.6 Å². The van der Waals surface area contributed by atoms with Crippen molar-refractivity contribution in [2.75, 3.05) is 13.4 Å². The summed E-state index contributed by atoms with van der Waals surface area (Å²) < 4.78 is 32.6. The van der Waals surface area contributed by atoms with Crippen molar-refractivity contribution >= 4 is 10.1 Å². The Morgan fingerprint density at radius 2 is 2.12 bits per heavy atom. The van der Waals surface area contributed by atoms with E-state index in [2.05, 4.69) is 0 Å². The zero-order valence-corrected chi connectivity index (χ0v) is 10.1. The van der Waals surface area contributed by atoms with Gasteiger partial charge < -0.3 is 4.74 Å². The number of aryl methyl sites for hydroxylation is 1. The molecule has 1 atom stereocenters. The summed E-state index contributed by atoms with van der Waals surface area (Å²) in [4.78, 5) is 0. The lowest BCUT2D eigenvalue weighted by Gasteiger charge is -2.14. The monoisotopic (exact) mass is 242 g/mol. The number of fused-ring (bicyclic) bond motifs is 1. The first kappa shape index (κ1) is 11.4. The van der Waals surface area contributed by atoms with Crippen LogP contribution in [0.15, 0.2) is 18.2 Å². The first-order chi connectivity index (χ1) is 7.51. The molecule has 0 N–H and O–H groups in total. The second-order valence-electron chi connectivity index (χ2n) is 3.86. The van der Waals surface area contributed by atoms with Crippen molar-refractivity contribution in [3.63, 3.8) is 0 Å².